The molecule has 0 saturated heterocycles. The highest BCUT2D eigenvalue weighted by Gasteiger charge is 2.57. The van der Waals surface area contributed by atoms with Gasteiger partial charge in [0.15, 0.2) is 5.70 Å². The third-order valence-corrected chi connectivity index (χ3v) is 7.06. The molecule has 176 valence electrons. The monoisotopic (exact) mass is 466 g/mol. The van der Waals surface area contributed by atoms with Gasteiger partial charge in [-0.15, -0.1) is 0 Å². The van der Waals surface area contributed by atoms with Crippen molar-refractivity contribution in [3.8, 4) is 0 Å². The molecule has 2 aliphatic rings. The molecule has 0 saturated carbocycles. The molecule has 0 unspecified atom stereocenters. The Morgan fingerprint density at radius 3 is 2.18 bits per heavy atom. The molecule has 0 radical (unpaired) electrons. The van der Waals surface area contributed by atoms with Crippen LogP contribution in [-0.4, -0.2) is 21.6 Å². The van der Waals surface area contributed by atoms with Crippen LogP contribution in [0.4, 0.5) is 26.2 Å². The first-order valence-electron chi connectivity index (χ1n) is 11.0. The average Bonchev–Trinajstić information content (AvgIpc) is 3.13. The van der Waals surface area contributed by atoms with E-state index in [1.165, 1.54) is 0 Å². The van der Waals surface area contributed by atoms with Crippen LogP contribution in [0.15, 0.2) is 35.0 Å². The van der Waals surface area contributed by atoms with Gasteiger partial charge in [-0.1, -0.05) is 19.9 Å². The zero-order valence-electron chi connectivity index (χ0n) is 19.4. The lowest BCUT2D eigenvalue weighted by Crippen LogP contribution is -2.51. The van der Waals surface area contributed by atoms with Gasteiger partial charge < -0.3 is 17.6 Å². The first-order valence-corrected chi connectivity index (χ1v) is 11.0. The number of nitrogens with zero attached hydrogens (tertiary/aromatic N) is 2. The molecule has 2 aromatic rings. The van der Waals surface area contributed by atoms with Crippen molar-refractivity contribution >= 4 is 18.3 Å². The van der Waals surface area contributed by atoms with Crippen LogP contribution in [0.1, 0.15) is 67.8 Å². The molecule has 0 spiro atoms. The van der Waals surface area contributed by atoms with E-state index in [-0.39, 0.29) is 28.4 Å². The number of fused-ring (bicyclic) bond motifs is 2. The highest BCUT2D eigenvalue weighted by Crippen LogP contribution is 2.49. The largest absolute Gasteiger partial charge is 0.737 e. The minimum Gasteiger partial charge on any atom is -0.393 e. The summed E-state index contributed by atoms with van der Waals surface area (Å²) in [5.74, 6) is -1.09. The Hall–Kier alpha value is -2.71. The van der Waals surface area contributed by atoms with E-state index in [4.69, 9.17) is 0 Å². The smallest absolute Gasteiger partial charge is 0.393 e. The maximum absolute atomic E-state index is 16.2. The van der Waals surface area contributed by atoms with Crippen LogP contribution in [0.5, 0.6) is 0 Å². The van der Waals surface area contributed by atoms with Gasteiger partial charge in [0.05, 0.1) is 11.1 Å². The summed E-state index contributed by atoms with van der Waals surface area (Å²) in [6.45, 7) is 5.56. The molecule has 0 aliphatic carbocycles. The Kier molecular flexibility index (Phi) is 5.26. The standard InChI is InChI=1S/C24H25BF6N2/c1-7-16-12(3)22-21(20-18(24(27,28)29)10-9-11-19(20)26)23-13(4)17(8-2)15(6)33(23)25(30,31)32(22)14(16)5/h9-11H,7-8H2,1-6H3. The van der Waals surface area contributed by atoms with Gasteiger partial charge in [0, 0.05) is 29.3 Å². The maximum Gasteiger partial charge on any atom is 0.737 e. The second kappa shape index (κ2) is 7.40. The van der Waals surface area contributed by atoms with Gasteiger partial charge in [0.2, 0.25) is 0 Å². The minimum absolute atomic E-state index is 0.0410. The van der Waals surface area contributed by atoms with Crippen LogP contribution in [0.2, 0.25) is 0 Å². The lowest BCUT2D eigenvalue weighted by Gasteiger charge is -2.34. The zero-order chi connectivity index (χ0) is 24.6. The first kappa shape index (κ1) is 23.5. The second-order valence-electron chi connectivity index (χ2n) is 8.65. The molecule has 0 amide bonds. The Morgan fingerprint density at radius 1 is 1.00 bits per heavy atom. The summed E-state index contributed by atoms with van der Waals surface area (Å²) in [6.07, 6.45) is -4.02. The zero-order valence-corrected chi connectivity index (χ0v) is 19.4. The number of allylic oxidation sites excluding steroid dienone is 2. The Labute approximate surface area is 189 Å². The first-order chi connectivity index (χ1) is 15.3. The fraction of sp³-hybridized carbons (Fsp3) is 0.375. The summed E-state index contributed by atoms with van der Waals surface area (Å²) in [5, 5.41) is 0. The van der Waals surface area contributed by atoms with Crippen LogP contribution in [0.25, 0.3) is 5.57 Å². The Balaban J connectivity index is 2.31. The van der Waals surface area contributed by atoms with E-state index >= 15 is 13.0 Å². The molecule has 9 heteroatoms. The average molecular weight is 466 g/mol. The number of hydrogen-bond donors (Lipinski definition) is 0. The molecule has 4 rings (SSSR count). The van der Waals surface area contributed by atoms with Crippen LogP contribution >= 0.6 is 0 Å². The van der Waals surface area contributed by atoms with Gasteiger partial charge >= 0.3 is 13.1 Å². The number of aromatic nitrogens is 1. The number of benzene rings is 1. The predicted molar refractivity (Wildman–Crippen MR) is 118 cm³/mol. The van der Waals surface area contributed by atoms with Crippen LogP contribution < -0.4 is 0 Å². The van der Waals surface area contributed by atoms with Crippen LogP contribution in [-0.2, 0) is 12.6 Å². The fourth-order valence-electron chi connectivity index (χ4n) is 5.73. The molecular weight excluding hydrogens is 441 g/mol. The van der Waals surface area contributed by atoms with E-state index in [0.29, 0.717) is 35.1 Å². The van der Waals surface area contributed by atoms with E-state index in [9.17, 15) is 13.2 Å². The lowest BCUT2D eigenvalue weighted by molar-refractivity contribution is -0.363. The highest BCUT2D eigenvalue weighted by molar-refractivity contribution is 6.58. The van der Waals surface area contributed by atoms with Crippen LogP contribution in [0.3, 0.4) is 0 Å². The van der Waals surface area contributed by atoms with Gasteiger partial charge in [0.1, 0.15) is 11.5 Å². The van der Waals surface area contributed by atoms with E-state index in [1.54, 1.807) is 27.7 Å². The molecule has 0 atom stereocenters. The lowest BCUT2D eigenvalue weighted by atomic mass is 9.82. The summed E-state index contributed by atoms with van der Waals surface area (Å²) in [6, 6.07) is 2.74. The van der Waals surface area contributed by atoms with E-state index in [0.717, 1.165) is 27.2 Å². The maximum atomic E-state index is 16.2. The fourth-order valence-corrected chi connectivity index (χ4v) is 5.73. The van der Waals surface area contributed by atoms with Crippen molar-refractivity contribution in [2.24, 2.45) is 0 Å². The molecule has 33 heavy (non-hydrogen) atoms. The normalized spacial score (nSPS) is 17.8. The van der Waals surface area contributed by atoms with Crippen molar-refractivity contribution < 1.29 is 30.7 Å². The molecule has 0 bridgehead atoms. The third kappa shape index (κ3) is 3.00. The van der Waals surface area contributed by atoms with E-state index in [1.807, 2.05) is 13.8 Å². The van der Waals surface area contributed by atoms with Gasteiger partial charge in [0.25, 0.3) is 0 Å². The summed E-state index contributed by atoms with van der Waals surface area (Å²) in [7, 11) is 0. The number of halogens is 6. The van der Waals surface area contributed by atoms with E-state index in [2.05, 4.69) is 0 Å². The van der Waals surface area contributed by atoms with Gasteiger partial charge in [-0.05, 0) is 62.6 Å². The molecule has 2 aliphatic heterocycles. The topological polar surface area (TPSA) is 7.94 Å². The Bertz CT molecular complexity index is 1290. The SMILES string of the molecule is CCC1=C(C)C2=C(c3c(F)cccc3C(F)(F)F)c3c(C)c(CC)c(C)n3[B-](F)(F)[N+]2=C1C. The van der Waals surface area contributed by atoms with E-state index < -0.39 is 30.1 Å². The summed E-state index contributed by atoms with van der Waals surface area (Å²) in [4.78, 5) is 0. The van der Waals surface area contributed by atoms with Crippen molar-refractivity contribution in [2.45, 2.75) is 60.6 Å². The van der Waals surface area contributed by atoms with Crippen molar-refractivity contribution in [3.63, 3.8) is 0 Å². The number of rotatable bonds is 3. The van der Waals surface area contributed by atoms with Gasteiger partial charge in [-0.2, -0.15) is 13.2 Å². The number of hydrogen-bond acceptors (Lipinski definition) is 0. The molecule has 1 aromatic carbocycles. The summed E-state index contributed by atoms with van der Waals surface area (Å²) >= 11 is 0. The Morgan fingerprint density at radius 2 is 1.64 bits per heavy atom. The molecule has 3 heterocycles. The molecule has 0 fully saturated rings. The third-order valence-electron chi connectivity index (χ3n) is 7.06. The van der Waals surface area contributed by atoms with Crippen molar-refractivity contribution in [1.82, 2.24) is 4.48 Å². The van der Waals surface area contributed by atoms with Crippen molar-refractivity contribution in [2.75, 3.05) is 0 Å². The molecule has 2 nitrogen and oxygen atoms in total. The van der Waals surface area contributed by atoms with Gasteiger partial charge in [-0.3, -0.25) is 0 Å². The predicted octanol–water partition coefficient (Wildman–Crippen LogP) is 7.03. The quantitative estimate of drug-likeness (QED) is 0.339. The van der Waals surface area contributed by atoms with Gasteiger partial charge in [-0.25, -0.2) is 4.39 Å². The van der Waals surface area contributed by atoms with Crippen molar-refractivity contribution in [1.29, 1.82) is 0 Å². The van der Waals surface area contributed by atoms with Crippen LogP contribution in [0, 0.1) is 19.7 Å². The van der Waals surface area contributed by atoms with Crippen molar-refractivity contribution in [3.05, 3.63) is 74.5 Å². The summed E-state index contributed by atoms with van der Waals surface area (Å²) < 4.78 is 91.4. The highest BCUT2D eigenvalue weighted by atomic mass is 19.4. The minimum atomic E-state index is -4.86. The molecular formula is C24H25BF6N2. The number of alkyl halides is 3. The molecule has 1 aromatic heterocycles. The molecule has 0 N–H and O–H groups in total. The second-order valence-corrected chi connectivity index (χ2v) is 8.65. The summed E-state index contributed by atoms with van der Waals surface area (Å²) in [5.41, 5.74) is 0.646.